The topological polar surface area (TPSA) is 47.8 Å². The molecule has 4 nitrogen and oxygen atoms in total. The molecule has 0 amide bonds. The summed E-state index contributed by atoms with van der Waals surface area (Å²) >= 11 is 3.10. The van der Waals surface area contributed by atoms with Gasteiger partial charge in [0.05, 0.1) is 10.6 Å². The fourth-order valence-electron chi connectivity index (χ4n) is 2.98. The molecule has 2 aromatic heterocycles. The van der Waals surface area contributed by atoms with Crippen LogP contribution in [0, 0.1) is 6.92 Å². The first kappa shape index (κ1) is 15.8. The summed E-state index contributed by atoms with van der Waals surface area (Å²) in [6, 6.07) is 8.20. The number of rotatable bonds is 6. The van der Waals surface area contributed by atoms with E-state index in [4.69, 9.17) is 0 Å². The first-order valence-corrected chi connectivity index (χ1v) is 10.1. The number of fused-ring (bicyclic) bond motifs is 1. The van der Waals surface area contributed by atoms with E-state index in [0.29, 0.717) is 11.7 Å². The highest BCUT2D eigenvalue weighted by molar-refractivity contribution is 7.99. The van der Waals surface area contributed by atoms with Gasteiger partial charge in [-0.05, 0) is 43.7 Å². The average Bonchev–Trinajstić information content (AvgIpc) is 3.28. The number of carbonyl (C=O) groups excluding carboxylic acids is 1. The average molecular weight is 358 g/mol. The molecule has 1 aromatic carbocycles. The lowest BCUT2D eigenvalue weighted by molar-refractivity contribution is 0.102. The molecule has 4 rings (SSSR count). The lowest BCUT2D eigenvalue weighted by Gasteiger charge is -2.06. The number of thiophene rings is 1. The van der Waals surface area contributed by atoms with Crippen molar-refractivity contribution in [2.24, 2.45) is 0 Å². The van der Waals surface area contributed by atoms with Crippen molar-refractivity contribution in [2.75, 3.05) is 5.75 Å². The van der Waals surface area contributed by atoms with Gasteiger partial charge in [-0.2, -0.15) is 0 Å². The fraction of sp³-hybridized carbons (Fsp3) is 0.389. The number of aromatic nitrogens is 3. The van der Waals surface area contributed by atoms with Crippen LogP contribution in [0.3, 0.4) is 0 Å². The van der Waals surface area contributed by atoms with Crippen molar-refractivity contribution in [3.63, 3.8) is 0 Å². The minimum Gasteiger partial charge on any atom is -0.306 e. The van der Waals surface area contributed by atoms with Gasteiger partial charge in [-0.25, -0.2) is 0 Å². The predicted molar refractivity (Wildman–Crippen MR) is 99.3 cm³/mol. The van der Waals surface area contributed by atoms with Gasteiger partial charge in [-0.15, -0.1) is 21.5 Å². The Bertz CT molecular complexity index is 908. The molecule has 1 saturated carbocycles. The van der Waals surface area contributed by atoms with Gasteiger partial charge in [-0.1, -0.05) is 30.0 Å². The minimum absolute atomic E-state index is 0.178. The van der Waals surface area contributed by atoms with Crippen LogP contribution in [0.2, 0.25) is 0 Å². The molecule has 1 aliphatic carbocycles. The van der Waals surface area contributed by atoms with E-state index in [1.165, 1.54) is 34.7 Å². The molecule has 1 fully saturated rings. The highest BCUT2D eigenvalue weighted by atomic mass is 32.2. The van der Waals surface area contributed by atoms with E-state index in [0.717, 1.165) is 28.0 Å². The Labute approximate surface area is 149 Å². The molecule has 0 aliphatic heterocycles. The van der Waals surface area contributed by atoms with Crippen LogP contribution in [0.1, 0.15) is 46.7 Å². The SMILES string of the molecule is CCn1c(SCC(=O)c2sc3ccccc3c2C)nnc1C1CC1. The van der Waals surface area contributed by atoms with Crippen LogP contribution in [0.4, 0.5) is 0 Å². The molecule has 0 unspecified atom stereocenters. The number of ketones is 1. The molecule has 3 aromatic rings. The molecule has 0 saturated heterocycles. The Morgan fingerprint density at radius 2 is 2.12 bits per heavy atom. The maximum Gasteiger partial charge on any atom is 0.191 e. The summed E-state index contributed by atoms with van der Waals surface area (Å²) in [5.74, 6) is 2.26. The molecule has 0 bridgehead atoms. The summed E-state index contributed by atoms with van der Waals surface area (Å²) in [4.78, 5) is 13.6. The van der Waals surface area contributed by atoms with E-state index in [1.807, 2.05) is 19.1 Å². The monoisotopic (exact) mass is 357 g/mol. The molecule has 0 atom stereocenters. The quantitative estimate of drug-likeness (QED) is 0.475. The minimum atomic E-state index is 0.178. The largest absolute Gasteiger partial charge is 0.306 e. The summed E-state index contributed by atoms with van der Waals surface area (Å²) in [7, 11) is 0. The van der Waals surface area contributed by atoms with E-state index in [2.05, 4.69) is 33.8 Å². The van der Waals surface area contributed by atoms with Gasteiger partial charge in [0.2, 0.25) is 0 Å². The molecule has 0 spiro atoms. The van der Waals surface area contributed by atoms with Crippen LogP contribution in [-0.4, -0.2) is 26.3 Å². The number of aryl methyl sites for hydroxylation is 1. The summed E-state index contributed by atoms with van der Waals surface area (Å²) < 4.78 is 3.34. The smallest absolute Gasteiger partial charge is 0.191 e. The number of benzene rings is 1. The first-order valence-electron chi connectivity index (χ1n) is 8.26. The summed E-state index contributed by atoms with van der Waals surface area (Å²) in [5.41, 5.74) is 1.09. The van der Waals surface area contributed by atoms with E-state index < -0.39 is 0 Å². The predicted octanol–water partition coefficient (Wildman–Crippen LogP) is 4.67. The summed E-state index contributed by atoms with van der Waals surface area (Å²) in [6.07, 6.45) is 2.42. The zero-order chi connectivity index (χ0) is 16.7. The maximum atomic E-state index is 12.7. The highest BCUT2D eigenvalue weighted by Crippen LogP contribution is 2.40. The number of hydrogen-bond donors (Lipinski definition) is 0. The summed E-state index contributed by atoms with van der Waals surface area (Å²) in [5, 5.41) is 10.7. The van der Waals surface area contributed by atoms with Crippen LogP contribution in [0.5, 0.6) is 0 Å². The zero-order valence-electron chi connectivity index (χ0n) is 13.8. The number of Topliss-reactive ketones (excluding diaryl/α,β-unsaturated/α-hetero) is 1. The molecule has 1 aliphatic rings. The third-order valence-electron chi connectivity index (χ3n) is 4.43. The normalized spacial score (nSPS) is 14.4. The fourth-order valence-corrected chi connectivity index (χ4v) is 5.10. The molecule has 24 heavy (non-hydrogen) atoms. The van der Waals surface area contributed by atoms with Gasteiger partial charge < -0.3 is 4.57 Å². The number of carbonyl (C=O) groups is 1. The highest BCUT2D eigenvalue weighted by Gasteiger charge is 2.30. The third kappa shape index (κ3) is 2.78. The second-order valence-electron chi connectivity index (χ2n) is 6.12. The van der Waals surface area contributed by atoms with E-state index in [1.54, 1.807) is 11.3 Å². The molecule has 2 heterocycles. The Kier molecular flexibility index (Phi) is 4.18. The number of nitrogens with zero attached hydrogens (tertiary/aromatic N) is 3. The van der Waals surface area contributed by atoms with Crippen molar-refractivity contribution in [2.45, 2.75) is 44.3 Å². The molecule has 124 valence electrons. The second-order valence-corrected chi connectivity index (χ2v) is 8.12. The first-order chi connectivity index (χ1) is 11.7. The summed E-state index contributed by atoms with van der Waals surface area (Å²) in [6.45, 7) is 5.00. The Balaban J connectivity index is 1.53. The van der Waals surface area contributed by atoms with Crippen molar-refractivity contribution >= 4 is 39.0 Å². The second kappa shape index (κ2) is 6.33. The van der Waals surface area contributed by atoms with Crippen molar-refractivity contribution in [3.8, 4) is 0 Å². The standard InChI is InChI=1S/C18H19N3OS2/c1-3-21-17(12-8-9-12)19-20-18(21)23-10-14(22)16-11(2)13-6-4-5-7-15(13)24-16/h4-7,12H,3,8-10H2,1-2H3. The van der Waals surface area contributed by atoms with Gasteiger partial charge in [0, 0.05) is 17.2 Å². The van der Waals surface area contributed by atoms with Gasteiger partial charge in [0.25, 0.3) is 0 Å². The molecular weight excluding hydrogens is 338 g/mol. The van der Waals surface area contributed by atoms with Gasteiger partial charge in [0.1, 0.15) is 5.82 Å². The van der Waals surface area contributed by atoms with E-state index >= 15 is 0 Å². The molecular formula is C18H19N3OS2. The van der Waals surface area contributed by atoms with Gasteiger partial charge >= 0.3 is 0 Å². The lowest BCUT2D eigenvalue weighted by atomic mass is 10.1. The Morgan fingerprint density at radius 3 is 2.83 bits per heavy atom. The molecule has 0 radical (unpaired) electrons. The van der Waals surface area contributed by atoms with Gasteiger partial charge in [-0.3, -0.25) is 4.79 Å². The van der Waals surface area contributed by atoms with Crippen molar-refractivity contribution < 1.29 is 4.79 Å². The third-order valence-corrected chi connectivity index (χ3v) is 6.71. The molecule has 6 heteroatoms. The van der Waals surface area contributed by atoms with Crippen LogP contribution >= 0.6 is 23.1 Å². The molecule has 0 N–H and O–H groups in total. The van der Waals surface area contributed by atoms with E-state index in [9.17, 15) is 4.79 Å². The van der Waals surface area contributed by atoms with Crippen LogP contribution in [0.25, 0.3) is 10.1 Å². The van der Waals surface area contributed by atoms with Crippen molar-refractivity contribution in [1.29, 1.82) is 0 Å². The van der Waals surface area contributed by atoms with Gasteiger partial charge in [0.15, 0.2) is 10.9 Å². The van der Waals surface area contributed by atoms with Crippen molar-refractivity contribution in [1.82, 2.24) is 14.8 Å². The number of hydrogen-bond acceptors (Lipinski definition) is 5. The van der Waals surface area contributed by atoms with Crippen LogP contribution in [-0.2, 0) is 6.54 Å². The Morgan fingerprint density at radius 1 is 1.33 bits per heavy atom. The number of thioether (sulfide) groups is 1. The zero-order valence-corrected chi connectivity index (χ0v) is 15.4. The van der Waals surface area contributed by atoms with Crippen LogP contribution < -0.4 is 0 Å². The van der Waals surface area contributed by atoms with E-state index in [-0.39, 0.29) is 5.78 Å². The van der Waals surface area contributed by atoms with Crippen LogP contribution in [0.15, 0.2) is 29.4 Å². The Hall–Kier alpha value is -1.66. The van der Waals surface area contributed by atoms with Crippen molar-refractivity contribution in [3.05, 3.63) is 40.5 Å². The maximum absolute atomic E-state index is 12.7. The lowest BCUT2D eigenvalue weighted by Crippen LogP contribution is -2.05.